The van der Waals surface area contributed by atoms with E-state index in [4.69, 9.17) is 4.42 Å². The minimum absolute atomic E-state index is 0.0685. The number of aryl methyl sites for hydroxylation is 1. The lowest BCUT2D eigenvalue weighted by Gasteiger charge is -2.01. The van der Waals surface area contributed by atoms with Crippen molar-refractivity contribution in [2.24, 2.45) is 0 Å². The number of nitrogens with one attached hydrogen (secondary N) is 1. The van der Waals surface area contributed by atoms with E-state index in [1.54, 1.807) is 12.3 Å². The van der Waals surface area contributed by atoms with Gasteiger partial charge >= 0.3 is 0 Å². The van der Waals surface area contributed by atoms with Gasteiger partial charge in [-0.3, -0.25) is 4.79 Å². The molecule has 0 saturated heterocycles. The first-order valence-electron chi connectivity index (χ1n) is 6.52. The summed E-state index contributed by atoms with van der Waals surface area (Å²) in [6.45, 7) is 0. The van der Waals surface area contributed by atoms with Gasteiger partial charge in [-0.15, -0.1) is 10.2 Å². The van der Waals surface area contributed by atoms with Crippen molar-refractivity contribution < 1.29 is 9.21 Å². The van der Waals surface area contributed by atoms with E-state index in [1.807, 2.05) is 36.4 Å². The van der Waals surface area contributed by atoms with Crippen LogP contribution in [0.25, 0.3) is 10.8 Å². The Morgan fingerprint density at radius 1 is 1.14 bits per heavy atom. The number of furan rings is 1. The molecule has 21 heavy (non-hydrogen) atoms. The Labute approximate surface area is 125 Å². The molecule has 0 saturated carbocycles. The molecule has 0 unspecified atom stereocenters. The molecule has 6 heteroatoms. The van der Waals surface area contributed by atoms with Crippen molar-refractivity contribution in [1.29, 1.82) is 0 Å². The van der Waals surface area contributed by atoms with E-state index < -0.39 is 0 Å². The second kappa shape index (κ2) is 6.32. The Bertz CT molecular complexity index is 708. The van der Waals surface area contributed by atoms with Crippen LogP contribution in [0.5, 0.6) is 0 Å². The van der Waals surface area contributed by atoms with E-state index in [2.05, 4.69) is 15.5 Å². The fourth-order valence-corrected chi connectivity index (χ4v) is 2.59. The minimum Gasteiger partial charge on any atom is -0.462 e. The van der Waals surface area contributed by atoms with Crippen LogP contribution in [0.1, 0.15) is 12.0 Å². The predicted octanol–water partition coefficient (Wildman–Crippen LogP) is 3.37. The third kappa shape index (κ3) is 3.55. The molecule has 3 aromatic rings. The van der Waals surface area contributed by atoms with Crippen molar-refractivity contribution >= 4 is 22.4 Å². The van der Waals surface area contributed by atoms with E-state index in [0.717, 1.165) is 5.56 Å². The Balaban J connectivity index is 1.55. The van der Waals surface area contributed by atoms with Crippen LogP contribution in [0.3, 0.4) is 0 Å². The molecule has 2 aromatic heterocycles. The highest BCUT2D eigenvalue weighted by Crippen LogP contribution is 2.26. The Kier molecular flexibility index (Phi) is 4.07. The molecule has 1 amide bonds. The number of aromatic nitrogens is 2. The summed E-state index contributed by atoms with van der Waals surface area (Å²) in [5.74, 6) is 0.582. The van der Waals surface area contributed by atoms with Crippen molar-refractivity contribution in [3.05, 3.63) is 54.3 Å². The minimum atomic E-state index is -0.0685. The SMILES string of the molecule is O=C(CCc1ccccc1)Nc1nnc(-c2ccco2)s1. The van der Waals surface area contributed by atoms with Gasteiger partial charge in [-0.1, -0.05) is 41.7 Å². The zero-order chi connectivity index (χ0) is 14.5. The van der Waals surface area contributed by atoms with Crippen LogP contribution in [-0.2, 0) is 11.2 Å². The Morgan fingerprint density at radius 3 is 2.76 bits per heavy atom. The number of rotatable bonds is 5. The number of hydrogen-bond donors (Lipinski definition) is 1. The molecule has 1 N–H and O–H groups in total. The summed E-state index contributed by atoms with van der Waals surface area (Å²) in [7, 11) is 0. The second-order valence-corrected chi connectivity index (χ2v) is 5.40. The molecule has 0 aliphatic heterocycles. The number of amides is 1. The van der Waals surface area contributed by atoms with Crippen molar-refractivity contribution in [1.82, 2.24) is 10.2 Å². The smallest absolute Gasteiger partial charge is 0.226 e. The number of nitrogens with zero attached hydrogens (tertiary/aromatic N) is 2. The molecule has 1 aromatic carbocycles. The number of carbonyl (C=O) groups excluding carboxylic acids is 1. The van der Waals surface area contributed by atoms with Gasteiger partial charge in [-0.2, -0.15) is 0 Å². The monoisotopic (exact) mass is 299 g/mol. The van der Waals surface area contributed by atoms with E-state index in [0.29, 0.717) is 28.7 Å². The second-order valence-electron chi connectivity index (χ2n) is 4.42. The number of hydrogen-bond acceptors (Lipinski definition) is 5. The number of anilines is 1. The highest BCUT2D eigenvalue weighted by molar-refractivity contribution is 7.18. The summed E-state index contributed by atoms with van der Waals surface area (Å²) < 4.78 is 5.24. The number of benzene rings is 1. The Morgan fingerprint density at radius 2 is 2.00 bits per heavy atom. The van der Waals surface area contributed by atoms with Gasteiger partial charge in [0.25, 0.3) is 0 Å². The molecule has 0 radical (unpaired) electrons. The van der Waals surface area contributed by atoms with Crippen LogP contribution in [-0.4, -0.2) is 16.1 Å². The maximum absolute atomic E-state index is 11.9. The molecule has 0 spiro atoms. The summed E-state index contributed by atoms with van der Waals surface area (Å²) in [5, 5.41) is 11.8. The molecular weight excluding hydrogens is 286 g/mol. The average Bonchev–Trinajstić information content (AvgIpc) is 3.17. The molecule has 5 nitrogen and oxygen atoms in total. The van der Waals surface area contributed by atoms with Crippen molar-refractivity contribution in [3.63, 3.8) is 0 Å². The fraction of sp³-hybridized carbons (Fsp3) is 0.133. The predicted molar refractivity (Wildman–Crippen MR) is 81.0 cm³/mol. The maximum atomic E-state index is 11.9. The van der Waals surface area contributed by atoms with Gasteiger partial charge in [0, 0.05) is 6.42 Å². The number of carbonyl (C=O) groups is 1. The first-order valence-corrected chi connectivity index (χ1v) is 7.34. The lowest BCUT2D eigenvalue weighted by Crippen LogP contribution is -2.12. The highest BCUT2D eigenvalue weighted by atomic mass is 32.1. The normalized spacial score (nSPS) is 10.5. The summed E-state index contributed by atoms with van der Waals surface area (Å²) in [5.41, 5.74) is 1.14. The van der Waals surface area contributed by atoms with Gasteiger partial charge < -0.3 is 9.73 Å². The van der Waals surface area contributed by atoms with Crippen molar-refractivity contribution in [3.8, 4) is 10.8 Å². The van der Waals surface area contributed by atoms with E-state index in [1.165, 1.54) is 11.3 Å². The van der Waals surface area contributed by atoms with Gasteiger partial charge in [0.2, 0.25) is 11.0 Å². The Hall–Kier alpha value is -2.47. The van der Waals surface area contributed by atoms with E-state index >= 15 is 0 Å². The fourth-order valence-electron chi connectivity index (χ4n) is 1.86. The van der Waals surface area contributed by atoms with Gasteiger partial charge in [-0.25, -0.2) is 0 Å². The third-order valence-corrected chi connectivity index (χ3v) is 3.74. The van der Waals surface area contributed by atoms with Crippen LogP contribution in [0.15, 0.2) is 53.1 Å². The first-order chi connectivity index (χ1) is 10.3. The topological polar surface area (TPSA) is 68.0 Å². The van der Waals surface area contributed by atoms with Crippen LogP contribution in [0, 0.1) is 0 Å². The van der Waals surface area contributed by atoms with E-state index in [-0.39, 0.29) is 5.91 Å². The van der Waals surface area contributed by atoms with Crippen LogP contribution < -0.4 is 5.32 Å². The quantitative estimate of drug-likeness (QED) is 0.784. The summed E-state index contributed by atoms with van der Waals surface area (Å²) >= 11 is 1.29. The summed E-state index contributed by atoms with van der Waals surface area (Å²) in [6, 6.07) is 13.5. The molecule has 0 aliphatic carbocycles. The zero-order valence-corrected chi connectivity index (χ0v) is 12.0. The van der Waals surface area contributed by atoms with Crippen LogP contribution in [0.2, 0.25) is 0 Å². The zero-order valence-electron chi connectivity index (χ0n) is 11.2. The summed E-state index contributed by atoms with van der Waals surface area (Å²) in [6.07, 6.45) is 2.70. The molecule has 0 aliphatic rings. The van der Waals surface area contributed by atoms with Crippen molar-refractivity contribution in [2.45, 2.75) is 12.8 Å². The molecule has 3 rings (SSSR count). The van der Waals surface area contributed by atoms with E-state index in [9.17, 15) is 4.79 Å². The summed E-state index contributed by atoms with van der Waals surface area (Å²) in [4.78, 5) is 11.9. The van der Waals surface area contributed by atoms with Crippen LogP contribution in [0.4, 0.5) is 5.13 Å². The first kappa shape index (κ1) is 13.5. The maximum Gasteiger partial charge on any atom is 0.226 e. The van der Waals surface area contributed by atoms with Gasteiger partial charge in [0.1, 0.15) is 0 Å². The standard InChI is InChI=1S/C15H13N3O2S/c19-13(9-8-11-5-2-1-3-6-11)16-15-18-17-14(21-15)12-7-4-10-20-12/h1-7,10H,8-9H2,(H,16,18,19). The van der Waals surface area contributed by atoms with Crippen LogP contribution >= 0.6 is 11.3 Å². The lowest BCUT2D eigenvalue weighted by atomic mass is 10.1. The lowest BCUT2D eigenvalue weighted by molar-refractivity contribution is -0.116. The average molecular weight is 299 g/mol. The highest BCUT2D eigenvalue weighted by Gasteiger charge is 2.11. The molecule has 0 fully saturated rings. The van der Waals surface area contributed by atoms with Gasteiger partial charge in [-0.05, 0) is 24.1 Å². The third-order valence-electron chi connectivity index (χ3n) is 2.89. The van der Waals surface area contributed by atoms with Crippen molar-refractivity contribution in [2.75, 3.05) is 5.32 Å². The van der Waals surface area contributed by atoms with Gasteiger partial charge in [0.05, 0.1) is 6.26 Å². The largest absolute Gasteiger partial charge is 0.462 e. The molecule has 2 heterocycles. The molecule has 106 valence electrons. The van der Waals surface area contributed by atoms with Gasteiger partial charge in [0.15, 0.2) is 10.8 Å². The molecule has 0 atom stereocenters. The molecular formula is C15H13N3O2S. The molecule has 0 bridgehead atoms.